The Morgan fingerprint density at radius 2 is 2.00 bits per heavy atom. The first kappa shape index (κ1) is 12.2. The van der Waals surface area contributed by atoms with Crippen molar-refractivity contribution in [3.63, 3.8) is 0 Å². The lowest BCUT2D eigenvalue weighted by Crippen LogP contribution is -1.99. The van der Waals surface area contributed by atoms with Crippen molar-refractivity contribution in [2.45, 2.75) is 6.61 Å². The first-order chi connectivity index (χ1) is 8.69. The monoisotopic (exact) mass is 249 g/mol. The van der Waals surface area contributed by atoms with Gasteiger partial charge in [-0.2, -0.15) is 0 Å². The van der Waals surface area contributed by atoms with E-state index in [1.807, 2.05) is 0 Å². The van der Waals surface area contributed by atoms with Gasteiger partial charge in [0.15, 0.2) is 6.29 Å². The molecule has 0 spiro atoms. The van der Waals surface area contributed by atoms with Gasteiger partial charge < -0.3 is 4.74 Å². The molecule has 0 N–H and O–H groups in total. The summed E-state index contributed by atoms with van der Waals surface area (Å²) < 4.78 is 31.1. The highest BCUT2D eigenvalue weighted by Crippen LogP contribution is 2.19. The third-order valence-corrected chi connectivity index (χ3v) is 2.25. The number of rotatable bonds is 4. The minimum Gasteiger partial charge on any atom is -0.488 e. The number of pyridine rings is 1. The van der Waals surface area contributed by atoms with Gasteiger partial charge in [-0.3, -0.25) is 9.78 Å². The van der Waals surface area contributed by atoms with E-state index in [9.17, 15) is 13.6 Å². The average Bonchev–Trinajstić information content (AvgIpc) is 2.37. The second-order valence-corrected chi connectivity index (χ2v) is 3.60. The number of ether oxygens (including phenoxy) is 1. The van der Waals surface area contributed by atoms with Crippen LogP contribution in [-0.2, 0) is 6.61 Å². The summed E-state index contributed by atoms with van der Waals surface area (Å²) in [6.45, 7) is 0.0528. The summed E-state index contributed by atoms with van der Waals surface area (Å²) in [5, 5.41) is 0. The normalized spacial score (nSPS) is 10.1. The number of nitrogens with zero attached hydrogens (tertiary/aromatic N) is 1. The number of hydrogen-bond donors (Lipinski definition) is 0. The summed E-state index contributed by atoms with van der Waals surface area (Å²) in [5.74, 6) is -0.738. The summed E-state index contributed by atoms with van der Waals surface area (Å²) in [5.41, 5.74) is 0.635. The van der Waals surface area contributed by atoms with Gasteiger partial charge in [0.25, 0.3) is 0 Å². The molecule has 92 valence electrons. The van der Waals surface area contributed by atoms with Gasteiger partial charge in [0.1, 0.15) is 24.0 Å². The molecule has 1 aromatic heterocycles. The molecule has 0 saturated carbocycles. The maximum absolute atomic E-state index is 12.9. The highest BCUT2D eigenvalue weighted by molar-refractivity contribution is 5.79. The molecular formula is C13H9F2NO2. The van der Waals surface area contributed by atoms with Crippen LogP contribution in [0.2, 0.25) is 0 Å². The van der Waals surface area contributed by atoms with Gasteiger partial charge in [-0.05, 0) is 24.3 Å². The quantitative estimate of drug-likeness (QED) is 0.782. The second kappa shape index (κ2) is 5.35. The van der Waals surface area contributed by atoms with Crippen LogP contribution in [0.5, 0.6) is 5.75 Å². The third kappa shape index (κ3) is 2.88. The van der Waals surface area contributed by atoms with Crippen LogP contribution >= 0.6 is 0 Å². The molecule has 0 amide bonds. The Kier molecular flexibility index (Phi) is 3.62. The van der Waals surface area contributed by atoms with Crippen LogP contribution in [0.4, 0.5) is 8.78 Å². The van der Waals surface area contributed by atoms with E-state index in [1.54, 1.807) is 0 Å². The minimum absolute atomic E-state index is 0.0528. The van der Waals surface area contributed by atoms with E-state index >= 15 is 0 Å². The molecule has 2 aromatic rings. The molecule has 1 heterocycles. The van der Waals surface area contributed by atoms with Crippen LogP contribution in [0.25, 0.3) is 0 Å². The molecule has 3 nitrogen and oxygen atoms in total. The van der Waals surface area contributed by atoms with Crippen molar-refractivity contribution in [2.24, 2.45) is 0 Å². The number of aldehydes is 1. The number of carbonyl (C=O) groups is 1. The molecule has 0 radical (unpaired) electrons. The number of aromatic nitrogens is 1. The smallest absolute Gasteiger partial charge is 0.153 e. The zero-order valence-corrected chi connectivity index (χ0v) is 9.27. The maximum atomic E-state index is 12.9. The molecule has 0 unspecified atom stereocenters. The maximum Gasteiger partial charge on any atom is 0.153 e. The molecule has 0 aliphatic carbocycles. The van der Waals surface area contributed by atoms with E-state index in [1.165, 1.54) is 24.4 Å². The number of hydrogen-bond acceptors (Lipinski definition) is 3. The molecule has 0 aliphatic rings. The molecule has 0 fully saturated rings. The number of benzene rings is 1. The van der Waals surface area contributed by atoms with Crippen LogP contribution in [0.3, 0.4) is 0 Å². The summed E-state index contributed by atoms with van der Waals surface area (Å²) >= 11 is 0. The van der Waals surface area contributed by atoms with Gasteiger partial charge in [-0.15, -0.1) is 0 Å². The van der Waals surface area contributed by atoms with Crippen LogP contribution in [0.15, 0.2) is 36.7 Å². The first-order valence-electron chi connectivity index (χ1n) is 5.16. The SMILES string of the molecule is O=Cc1cc(F)ccc1OCc1cncc(F)c1. The lowest BCUT2D eigenvalue weighted by Gasteiger charge is -2.08. The fourth-order valence-corrected chi connectivity index (χ4v) is 1.44. The second-order valence-electron chi connectivity index (χ2n) is 3.60. The molecule has 2 rings (SSSR count). The van der Waals surface area contributed by atoms with Crippen LogP contribution in [-0.4, -0.2) is 11.3 Å². The lowest BCUT2D eigenvalue weighted by atomic mass is 10.2. The Balaban J connectivity index is 2.13. The Labute approximate surface area is 102 Å². The van der Waals surface area contributed by atoms with Crippen molar-refractivity contribution >= 4 is 6.29 Å². The molecule has 0 atom stereocenters. The van der Waals surface area contributed by atoms with E-state index in [0.29, 0.717) is 11.8 Å². The fourth-order valence-electron chi connectivity index (χ4n) is 1.44. The van der Waals surface area contributed by atoms with E-state index in [4.69, 9.17) is 4.74 Å². The predicted octanol–water partition coefficient (Wildman–Crippen LogP) is 2.75. The van der Waals surface area contributed by atoms with Crippen molar-refractivity contribution in [3.05, 3.63) is 59.4 Å². The van der Waals surface area contributed by atoms with Crippen molar-refractivity contribution in [3.8, 4) is 5.75 Å². The van der Waals surface area contributed by atoms with Crippen molar-refractivity contribution in [1.29, 1.82) is 0 Å². The van der Waals surface area contributed by atoms with Crippen LogP contribution < -0.4 is 4.74 Å². The number of halogens is 2. The Hall–Kier alpha value is -2.30. The van der Waals surface area contributed by atoms with Gasteiger partial charge >= 0.3 is 0 Å². The van der Waals surface area contributed by atoms with E-state index in [0.717, 1.165) is 12.3 Å². The first-order valence-corrected chi connectivity index (χ1v) is 5.16. The highest BCUT2D eigenvalue weighted by Gasteiger charge is 2.05. The molecule has 18 heavy (non-hydrogen) atoms. The number of carbonyl (C=O) groups excluding carboxylic acids is 1. The topological polar surface area (TPSA) is 39.2 Å². The standard InChI is InChI=1S/C13H9F2NO2/c14-11-1-2-13(10(4-11)7-17)18-8-9-3-12(15)6-16-5-9/h1-7H,8H2. The van der Waals surface area contributed by atoms with Crippen LogP contribution in [0.1, 0.15) is 15.9 Å². The molecular weight excluding hydrogens is 240 g/mol. The minimum atomic E-state index is -0.517. The lowest BCUT2D eigenvalue weighted by molar-refractivity contribution is 0.111. The molecule has 0 bridgehead atoms. The van der Waals surface area contributed by atoms with Crippen molar-refractivity contribution < 1.29 is 18.3 Å². The van der Waals surface area contributed by atoms with Crippen LogP contribution in [0, 0.1) is 11.6 Å². The summed E-state index contributed by atoms with van der Waals surface area (Å²) in [7, 11) is 0. The zero-order chi connectivity index (χ0) is 13.0. The van der Waals surface area contributed by atoms with E-state index in [-0.39, 0.29) is 17.9 Å². The van der Waals surface area contributed by atoms with Gasteiger partial charge in [-0.25, -0.2) is 8.78 Å². The van der Waals surface area contributed by atoms with Gasteiger partial charge in [0, 0.05) is 11.8 Å². The molecule has 5 heteroatoms. The van der Waals surface area contributed by atoms with E-state index < -0.39 is 11.6 Å². The Bertz CT molecular complexity index is 573. The summed E-state index contributed by atoms with van der Waals surface area (Å²) in [6.07, 6.45) is 3.04. The Morgan fingerprint density at radius 3 is 2.72 bits per heavy atom. The van der Waals surface area contributed by atoms with Crippen molar-refractivity contribution in [1.82, 2.24) is 4.98 Å². The summed E-state index contributed by atoms with van der Waals surface area (Å²) in [6, 6.07) is 4.89. The molecule has 0 aliphatic heterocycles. The summed E-state index contributed by atoms with van der Waals surface area (Å²) in [4.78, 5) is 14.4. The van der Waals surface area contributed by atoms with Crippen molar-refractivity contribution in [2.75, 3.05) is 0 Å². The van der Waals surface area contributed by atoms with Gasteiger partial charge in [0.2, 0.25) is 0 Å². The van der Waals surface area contributed by atoms with Gasteiger partial charge in [0.05, 0.1) is 11.8 Å². The predicted molar refractivity (Wildman–Crippen MR) is 60.3 cm³/mol. The Morgan fingerprint density at radius 1 is 1.17 bits per heavy atom. The fraction of sp³-hybridized carbons (Fsp3) is 0.0769. The largest absolute Gasteiger partial charge is 0.488 e. The molecule has 1 aromatic carbocycles. The zero-order valence-electron chi connectivity index (χ0n) is 9.27. The highest BCUT2D eigenvalue weighted by atomic mass is 19.1. The third-order valence-electron chi connectivity index (χ3n) is 2.25. The van der Waals surface area contributed by atoms with Gasteiger partial charge in [-0.1, -0.05) is 0 Å². The van der Waals surface area contributed by atoms with E-state index in [2.05, 4.69) is 4.98 Å². The average molecular weight is 249 g/mol. The molecule has 0 saturated heterocycles.